The van der Waals surface area contributed by atoms with Crippen LogP contribution in [0.25, 0.3) is 0 Å². The average Bonchev–Trinajstić information content (AvgIpc) is 2.85. The van der Waals surface area contributed by atoms with E-state index in [1.165, 1.54) is 31.6 Å². The van der Waals surface area contributed by atoms with E-state index in [4.69, 9.17) is 25.8 Å². The van der Waals surface area contributed by atoms with Crippen LogP contribution in [-0.2, 0) is 9.59 Å². The lowest BCUT2D eigenvalue weighted by Crippen LogP contribution is -2.70. The van der Waals surface area contributed by atoms with Gasteiger partial charge in [0.2, 0.25) is 0 Å². The molecular formula is C24H27ClFN3O6. The van der Waals surface area contributed by atoms with Crippen LogP contribution in [0, 0.1) is 5.82 Å². The van der Waals surface area contributed by atoms with E-state index in [9.17, 15) is 19.1 Å². The van der Waals surface area contributed by atoms with Crippen LogP contribution in [0.4, 0.5) is 4.39 Å². The molecule has 1 aromatic carbocycles. The molecule has 2 bridgehead atoms. The van der Waals surface area contributed by atoms with Gasteiger partial charge in [-0.2, -0.15) is 0 Å². The molecule has 11 heteroatoms. The highest BCUT2D eigenvalue weighted by Gasteiger charge is 2.55. The van der Waals surface area contributed by atoms with Crippen molar-refractivity contribution in [3.8, 4) is 17.2 Å². The smallest absolute Gasteiger partial charge is 0.258 e. The Morgan fingerprint density at radius 3 is 2.37 bits per heavy atom. The minimum Gasteiger partial charge on any atom is -0.495 e. The number of pyridine rings is 1. The van der Waals surface area contributed by atoms with Crippen molar-refractivity contribution in [3.63, 3.8) is 0 Å². The summed E-state index contributed by atoms with van der Waals surface area (Å²) in [7, 11) is 1.51. The lowest BCUT2D eigenvalue weighted by Gasteiger charge is -2.56. The topological polar surface area (TPSA) is 119 Å². The zero-order valence-corrected chi connectivity index (χ0v) is 19.9. The standard InChI is InChI=1S/C24H27ClFN3O6/c1-33-16-8-17(12-27-11-16)35-13-21(31)28-23-4-6-24(7-5-23,20(30)10-23)29-22(32)14-34-15-2-3-18(25)19(26)9-15/h2-3,8-9,11-12,20,30H,4-7,10,13-14H2,1H3,(H,28,31)(H,29,32)/t20-,23?,24?/m0/s1. The lowest BCUT2D eigenvalue weighted by molar-refractivity contribution is -0.137. The summed E-state index contributed by atoms with van der Waals surface area (Å²) in [5.41, 5.74) is -1.35. The molecular weight excluding hydrogens is 481 g/mol. The Morgan fingerprint density at radius 1 is 1.06 bits per heavy atom. The van der Waals surface area contributed by atoms with E-state index >= 15 is 0 Å². The first kappa shape index (κ1) is 25.0. The van der Waals surface area contributed by atoms with Gasteiger partial charge in [0.05, 0.1) is 36.2 Å². The molecule has 5 rings (SSSR count). The second-order valence-electron chi connectivity index (χ2n) is 8.97. The summed E-state index contributed by atoms with van der Waals surface area (Å²) in [5.74, 6) is -0.244. The van der Waals surface area contributed by atoms with Gasteiger partial charge in [-0.15, -0.1) is 0 Å². The van der Waals surface area contributed by atoms with Gasteiger partial charge >= 0.3 is 0 Å². The fourth-order valence-electron chi connectivity index (χ4n) is 4.76. The Labute approximate surface area is 206 Å². The second kappa shape index (κ2) is 10.2. The Bertz CT molecular complexity index is 1090. The molecule has 1 atom stereocenters. The van der Waals surface area contributed by atoms with Crippen molar-refractivity contribution in [2.45, 2.75) is 49.3 Å². The molecule has 0 radical (unpaired) electrons. The Kier molecular flexibility index (Phi) is 7.32. The average molecular weight is 508 g/mol. The SMILES string of the molecule is COc1cncc(OCC(=O)NC23CCC(NC(=O)COc4ccc(Cl)c(F)c4)(CC2)[C@@H](O)C3)c1. The van der Waals surface area contributed by atoms with Crippen LogP contribution in [0.1, 0.15) is 32.1 Å². The Balaban J connectivity index is 1.27. The monoisotopic (exact) mass is 507 g/mol. The van der Waals surface area contributed by atoms with Crippen molar-refractivity contribution >= 4 is 23.4 Å². The van der Waals surface area contributed by atoms with E-state index < -0.39 is 28.9 Å². The van der Waals surface area contributed by atoms with E-state index in [-0.39, 0.29) is 29.9 Å². The van der Waals surface area contributed by atoms with Crippen molar-refractivity contribution in [2.75, 3.05) is 20.3 Å². The molecule has 188 valence electrons. The first-order valence-electron chi connectivity index (χ1n) is 11.2. The molecule has 0 aliphatic heterocycles. The van der Waals surface area contributed by atoms with E-state index in [1.807, 2.05) is 0 Å². The number of halogens is 2. The first-order chi connectivity index (χ1) is 16.7. The maximum absolute atomic E-state index is 13.5. The normalized spacial score (nSPS) is 25.0. The summed E-state index contributed by atoms with van der Waals surface area (Å²) in [5, 5.41) is 16.8. The predicted molar refractivity (Wildman–Crippen MR) is 124 cm³/mol. The Hall–Kier alpha value is -3.11. The first-order valence-corrected chi connectivity index (χ1v) is 11.6. The number of nitrogens with one attached hydrogen (secondary N) is 2. The number of ether oxygens (including phenoxy) is 3. The number of aliphatic hydroxyl groups excluding tert-OH is 1. The van der Waals surface area contributed by atoms with Gasteiger partial charge in [0.25, 0.3) is 11.8 Å². The summed E-state index contributed by atoms with van der Waals surface area (Å²) < 4.78 is 29.5. The van der Waals surface area contributed by atoms with Crippen molar-refractivity contribution in [1.82, 2.24) is 15.6 Å². The zero-order valence-electron chi connectivity index (χ0n) is 19.2. The number of rotatable bonds is 9. The van der Waals surface area contributed by atoms with Crippen LogP contribution >= 0.6 is 11.6 Å². The summed E-state index contributed by atoms with van der Waals surface area (Å²) in [6.07, 6.45) is 4.68. The van der Waals surface area contributed by atoms with E-state index in [0.29, 0.717) is 43.6 Å². The van der Waals surface area contributed by atoms with Crippen molar-refractivity contribution in [3.05, 3.63) is 47.5 Å². The molecule has 9 nitrogen and oxygen atoms in total. The zero-order chi connectivity index (χ0) is 25.1. The van der Waals surface area contributed by atoms with E-state index in [2.05, 4.69) is 15.6 Å². The van der Waals surface area contributed by atoms with Crippen LogP contribution in [0.2, 0.25) is 5.02 Å². The van der Waals surface area contributed by atoms with Crippen molar-refractivity contribution in [1.29, 1.82) is 0 Å². The van der Waals surface area contributed by atoms with E-state index in [1.54, 1.807) is 6.07 Å². The van der Waals surface area contributed by atoms with Gasteiger partial charge in [0, 0.05) is 17.7 Å². The molecule has 35 heavy (non-hydrogen) atoms. The molecule has 1 aromatic heterocycles. The van der Waals surface area contributed by atoms with Gasteiger partial charge < -0.3 is 30.0 Å². The molecule has 1 heterocycles. The number of benzene rings is 1. The van der Waals surface area contributed by atoms with E-state index in [0.717, 1.165) is 6.07 Å². The third-order valence-electron chi connectivity index (χ3n) is 6.67. The fraction of sp³-hybridized carbons (Fsp3) is 0.458. The number of carbonyl (C=O) groups is 2. The van der Waals surface area contributed by atoms with Gasteiger partial charge in [0.15, 0.2) is 13.2 Å². The highest BCUT2D eigenvalue weighted by atomic mass is 35.5. The van der Waals surface area contributed by atoms with Crippen LogP contribution < -0.4 is 24.8 Å². The highest BCUT2D eigenvalue weighted by Crippen LogP contribution is 2.47. The molecule has 3 fully saturated rings. The van der Waals surface area contributed by atoms with Gasteiger partial charge in [-0.3, -0.25) is 14.6 Å². The molecule has 3 aliphatic rings. The summed E-state index contributed by atoms with van der Waals surface area (Å²) in [6.45, 7) is -0.523. The molecule has 3 saturated carbocycles. The minimum atomic E-state index is -0.842. The number of aromatic nitrogens is 1. The highest BCUT2D eigenvalue weighted by molar-refractivity contribution is 6.30. The van der Waals surface area contributed by atoms with Gasteiger partial charge in [-0.1, -0.05) is 11.6 Å². The number of hydrogen-bond donors (Lipinski definition) is 3. The maximum Gasteiger partial charge on any atom is 0.258 e. The molecule has 2 aromatic rings. The molecule has 3 N–H and O–H groups in total. The lowest BCUT2D eigenvalue weighted by atomic mass is 9.60. The third-order valence-corrected chi connectivity index (χ3v) is 6.98. The van der Waals surface area contributed by atoms with Gasteiger partial charge in [0.1, 0.15) is 23.1 Å². The number of amides is 2. The second-order valence-corrected chi connectivity index (χ2v) is 9.37. The van der Waals surface area contributed by atoms with Crippen LogP contribution in [0.15, 0.2) is 36.7 Å². The Morgan fingerprint density at radius 2 is 1.71 bits per heavy atom. The number of carbonyl (C=O) groups excluding carboxylic acids is 2. The van der Waals surface area contributed by atoms with Crippen molar-refractivity contribution < 1.29 is 33.3 Å². The maximum atomic E-state index is 13.5. The summed E-state index contributed by atoms with van der Waals surface area (Å²) >= 11 is 5.65. The minimum absolute atomic E-state index is 0.0346. The quantitative estimate of drug-likeness (QED) is 0.477. The number of fused-ring (bicyclic) bond motifs is 3. The van der Waals surface area contributed by atoms with Crippen molar-refractivity contribution in [2.24, 2.45) is 0 Å². The fourth-order valence-corrected chi connectivity index (χ4v) is 4.88. The summed E-state index contributed by atoms with van der Waals surface area (Å²) in [6, 6.07) is 5.56. The predicted octanol–water partition coefficient (Wildman–Crippen LogP) is 2.39. The molecule has 2 amide bonds. The van der Waals surface area contributed by atoms with Crippen LogP contribution in [0.3, 0.4) is 0 Å². The molecule has 3 aliphatic carbocycles. The number of methoxy groups -OCH3 is 1. The largest absolute Gasteiger partial charge is 0.495 e. The molecule has 0 spiro atoms. The van der Waals surface area contributed by atoms with Crippen LogP contribution in [0.5, 0.6) is 17.2 Å². The number of aliphatic hydroxyl groups is 1. The molecule has 0 unspecified atom stereocenters. The third kappa shape index (κ3) is 5.76. The summed E-state index contributed by atoms with van der Waals surface area (Å²) in [4.78, 5) is 29.1. The number of hydrogen-bond acceptors (Lipinski definition) is 7. The molecule has 0 saturated heterocycles. The van der Waals surface area contributed by atoms with Gasteiger partial charge in [-0.25, -0.2) is 4.39 Å². The van der Waals surface area contributed by atoms with Crippen LogP contribution in [-0.4, -0.2) is 59.4 Å². The van der Waals surface area contributed by atoms with Gasteiger partial charge in [-0.05, 0) is 44.2 Å². The number of nitrogens with zero attached hydrogens (tertiary/aromatic N) is 1.